The van der Waals surface area contributed by atoms with Crippen LogP contribution in [0.2, 0.25) is 0 Å². The summed E-state index contributed by atoms with van der Waals surface area (Å²) in [5, 5.41) is 47.5. The molecule has 4 atom stereocenters. The number of aliphatic hydroxyl groups is 2. The second kappa shape index (κ2) is 12.0. The lowest BCUT2D eigenvalue weighted by atomic mass is 9.94. The molecule has 0 radical (unpaired) electrons. The number of likely N-dealkylation sites (tertiary alicyclic amines) is 1. The third-order valence-electron chi connectivity index (χ3n) is 7.77. The average molecular weight is 547 g/mol. The largest absolute Gasteiger partial charge is 0.479 e. The Bertz CT molecular complexity index is 1190. The molecule has 1 saturated carbocycles. The van der Waals surface area contributed by atoms with Gasteiger partial charge in [-0.1, -0.05) is 12.1 Å². The number of rotatable bonds is 11. The second-order valence-electron chi connectivity index (χ2n) is 11.1. The highest BCUT2D eigenvalue weighted by atomic mass is 16.5. The third-order valence-corrected chi connectivity index (χ3v) is 7.77. The first kappa shape index (κ1) is 28.9. The van der Waals surface area contributed by atoms with Crippen LogP contribution in [-0.2, 0) is 14.3 Å². The van der Waals surface area contributed by atoms with Crippen molar-refractivity contribution in [3.8, 4) is 0 Å². The van der Waals surface area contributed by atoms with Gasteiger partial charge in [-0.25, -0.2) is 9.59 Å². The molecule has 1 aromatic carbocycles. The summed E-state index contributed by atoms with van der Waals surface area (Å²) in [6.45, 7) is 6.52. The molecule has 4 unspecified atom stereocenters. The van der Waals surface area contributed by atoms with Crippen LogP contribution >= 0.6 is 0 Å². The Morgan fingerprint density at radius 2 is 1.87 bits per heavy atom. The van der Waals surface area contributed by atoms with Crippen molar-refractivity contribution >= 4 is 28.7 Å². The van der Waals surface area contributed by atoms with E-state index in [2.05, 4.69) is 15.3 Å². The molecule has 0 spiro atoms. The van der Waals surface area contributed by atoms with E-state index in [1.54, 1.807) is 6.07 Å². The van der Waals surface area contributed by atoms with Gasteiger partial charge >= 0.3 is 11.9 Å². The van der Waals surface area contributed by atoms with Crippen LogP contribution in [0.3, 0.4) is 0 Å². The monoisotopic (exact) mass is 546 g/mol. The van der Waals surface area contributed by atoms with E-state index in [4.69, 9.17) is 9.84 Å². The molecule has 12 nitrogen and oxygen atoms in total. The first-order chi connectivity index (χ1) is 18.5. The molecule has 1 aliphatic heterocycles. The highest BCUT2D eigenvalue weighted by Gasteiger charge is 2.43. The van der Waals surface area contributed by atoms with E-state index < -0.39 is 35.9 Å². The zero-order valence-electron chi connectivity index (χ0n) is 22.3. The van der Waals surface area contributed by atoms with Crippen molar-refractivity contribution in [2.24, 2.45) is 5.92 Å². The maximum atomic E-state index is 12.9. The van der Waals surface area contributed by atoms with Crippen LogP contribution in [0.4, 0.5) is 0 Å². The number of carbonyl (C=O) groups is 3. The van der Waals surface area contributed by atoms with Crippen LogP contribution in [0.1, 0.15) is 62.4 Å². The van der Waals surface area contributed by atoms with Gasteiger partial charge in [-0.3, -0.25) is 9.48 Å². The number of amides is 1. The van der Waals surface area contributed by atoms with Gasteiger partial charge in [0.1, 0.15) is 5.52 Å². The van der Waals surface area contributed by atoms with Crippen molar-refractivity contribution < 1.29 is 39.5 Å². The molecule has 1 amide bonds. The SMILES string of the molecule is CC(C)n1cc2cccc(C(=O)NCC3CCN(CC4(O)CCC(OC(C(=O)O)C(O)C(=O)O)C4)CC3)c2n1. The van der Waals surface area contributed by atoms with Gasteiger partial charge in [-0.15, -0.1) is 0 Å². The fraction of sp³-hybridized carbons (Fsp3) is 0.630. The van der Waals surface area contributed by atoms with Gasteiger partial charge in [0.25, 0.3) is 5.91 Å². The Morgan fingerprint density at radius 1 is 1.15 bits per heavy atom. The minimum absolute atomic E-state index is 0.143. The van der Waals surface area contributed by atoms with Gasteiger partial charge in [0.2, 0.25) is 0 Å². The van der Waals surface area contributed by atoms with Crippen LogP contribution < -0.4 is 5.32 Å². The molecular formula is C27H38N4O8. The molecule has 1 saturated heterocycles. The zero-order valence-corrected chi connectivity index (χ0v) is 22.3. The number of hydrogen-bond acceptors (Lipinski definition) is 8. The summed E-state index contributed by atoms with van der Waals surface area (Å²) >= 11 is 0. The van der Waals surface area contributed by atoms with Crippen molar-refractivity contribution in [1.82, 2.24) is 20.0 Å². The van der Waals surface area contributed by atoms with Crippen molar-refractivity contribution in [3.63, 3.8) is 0 Å². The highest BCUT2D eigenvalue weighted by Crippen LogP contribution is 2.34. The number of hydrogen-bond donors (Lipinski definition) is 5. The number of piperidine rings is 1. The number of aliphatic hydroxyl groups excluding tert-OH is 1. The Labute approximate surface area is 226 Å². The van der Waals surface area contributed by atoms with E-state index in [0.29, 0.717) is 42.9 Å². The average Bonchev–Trinajstić information content (AvgIpc) is 3.49. The quantitative estimate of drug-likeness (QED) is 0.276. The summed E-state index contributed by atoms with van der Waals surface area (Å²) < 4.78 is 7.23. The van der Waals surface area contributed by atoms with Gasteiger partial charge in [-0.05, 0) is 64.6 Å². The Kier molecular flexibility index (Phi) is 8.90. The van der Waals surface area contributed by atoms with Gasteiger partial charge in [0.05, 0.1) is 17.3 Å². The standard InChI is InChI=1S/C27H38N4O8/c1-16(2)31-14-18-4-3-5-20(21(18)29-31)24(33)28-13-17-7-10-30(11-8-17)15-27(38)9-6-19(12-27)39-23(26(36)37)22(32)25(34)35/h3-5,14,16-17,19,22-23,32,38H,6-13,15H2,1-2H3,(H,28,33)(H,34,35)(H,36,37). The second-order valence-corrected chi connectivity index (χ2v) is 11.1. The van der Waals surface area contributed by atoms with Crippen LogP contribution in [0.5, 0.6) is 0 Å². The minimum atomic E-state index is -2.18. The Balaban J connectivity index is 1.23. The molecule has 2 aliphatic rings. The number of β-amino-alcohol motifs (C(OH)–C–C–N with tert-alkyl or cyclic N) is 1. The van der Waals surface area contributed by atoms with Gasteiger partial charge in [-0.2, -0.15) is 5.10 Å². The molecule has 214 valence electrons. The first-order valence-corrected chi connectivity index (χ1v) is 13.5. The van der Waals surface area contributed by atoms with Crippen LogP contribution in [0.25, 0.3) is 10.9 Å². The number of carboxylic acids is 2. The van der Waals surface area contributed by atoms with Gasteiger partial charge in [0, 0.05) is 37.1 Å². The summed E-state index contributed by atoms with van der Waals surface area (Å²) in [4.78, 5) is 37.4. The minimum Gasteiger partial charge on any atom is -0.479 e. The summed E-state index contributed by atoms with van der Waals surface area (Å²) in [5.74, 6) is -3.07. The molecule has 2 aromatic rings. The van der Waals surface area contributed by atoms with E-state index in [1.165, 1.54) is 0 Å². The van der Waals surface area contributed by atoms with E-state index in [9.17, 15) is 29.7 Å². The number of benzene rings is 1. The van der Waals surface area contributed by atoms with Gasteiger partial charge in [0.15, 0.2) is 12.2 Å². The van der Waals surface area contributed by atoms with E-state index >= 15 is 0 Å². The number of nitrogens with zero attached hydrogens (tertiary/aromatic N) is 3. The molecule has 5 N–H and O–H groups in total. The number of aromatic nitrogens is 2. The lowest BCUT2D eigenvalue weighted by Gasteiger charge is -2.36. The Hall–Kier alpha value is -3.06. The summed E-state index contributed by atoms with van der Waals surface area (Å²) in [5.41, 5.74) is 0.171. The van der Waals surface area contributed by atoms with E-state index in [1.807, 2.05) is 36.9 Å². The third kappa shape index (κ3) is 6.93. The zero-order chi connectivity index (χ0) is 28.3. The lowest BCUT2D eigenvalue weighted by Crippen LogP contribution is -2.47. The molecule has 1 aromatic heterocycles. The number of carbonyl (C=O) groups excluding carboxylic acids is 1. The lowest BCUT2D eigenvalue weighted by molar-refractivity contribution is -0.176. The molecular weight excluding hydrogens is 508 g/mol. The molecule has 0 bridgehead atoms. The van der Waals surface area contributed by atoms with Crippen LogP contribution in [-0.4, -0.2) is 103 Å². The molecule has 39 heavy (non-hydrogen) atoms. The highest BCUT2D eigenvalue weighted by molar-refractivity contribution is 6.05. The summed E-state index contributed by atoms with van der Waals surface area (Å²) in [6.07, 6.45) is -0.143. The van der Waals surface area contributed by atoms with Crippen molar-refractivity contribution in [2.75, 3.05) is 26.2 Å². The van der Waals surface area contributed by atoms with Crippen molar-refractivity contribution in [2.45, 2.75) is 75.9 Å². The predicted octanol–water partition coefficient (Wildman–Crippen LogP) is 1.26. The fourth-order valence-electron chi connectivity index (χ4n) is 5.53. The predicted molar refractivity (Wildman–Crippen MR) is 140 cm³/mol. The smallest absolute Gasteiger partial charge is 0.336 e. The fourth-order valence-corrected chi connectivity index (χ4v) is 5.53. The number of nitrogens with one attached hydrogen (secondary N) is 1. The maximum Gasteiger partial charge on any atom is 0.336 e. The number of fused-ring (bicyclic) bond motifs is 1. The maximum absolute atomic E-state index is 12.9. The Morgan fingerprint density at radius 3 is 2.51 bits per heavy atom. The van der Waals surface area contributed by atoms with Crippen LogP contribution in [0, 0.1) is 5.92 Å². The topological polar surface area (TPSA) is 174 Å². The molecule has 2 heterocycles. The molecule has 1 aliphatic carbocycles. The number of aliphatic carboxylic acids is 2. The van der Waals surface area contributed by atoms with E-state index in [-0.39, 0.29) is 18.4 Å². The number of carboxylic acid groups (broad SMARTS) is 2. The van der Waals surface area contributed by atoms with Crippen molar-refractivity contribution in [1.29, 1.82) is 0 Å². The van der Waals surface area contributed by atoms with E-state index in [0.717, 1.165) is 31.3 Å². The summed E-state index contributed by atoms with van der Waals surface area (Å²) in [6, 6.07) is 5.80. The molecule has 12 heteroatoms. The molecule has 4 rings (SSSR count). The van der Waals surface area contributed by atoms with Gasteiger partial charge < -0.3 is 35.4 Å². The normalized spacial score (nSPS) is 24.2. The molecule has 2 fully saturated rings. The van der Waals surface area contributed by atoms with Crippen molar-refractivity contribution in [3.05, 3.63) is 30.0 Å². The van der Waals surface area contributed by atoms with Crippen LogP contribution in [0.15, 0.2) is 24.4 Å². The first-order valence-electron chi connectivity index (χ1n) is 13.5. The number of ether oxygens (including phenoxy) is 1. The summed E-state index contributed by atoms with van der Waals surface area (Å²) in [7, 11) is 0.